The van der Waals surface area contributed by atoms with Gasteiger partial charge in [-0.05, 0) is 74.8 Å². The van der Waals surface area contributed by atoms with Crippen molar-refractivity contribution in [1.82, 2.24) is 19.4 Å². The molecule has 0 unspecified atom stereocenters. The molecule has 2 aliphatic rings. The minimum Gasteiger partial charge on any atom is -0.491 e. The van der Waals surface area contributed by atoms with Gasteiger partial charge in [-0.1, -0.05) is 30.7 Å². The summed E-state index contributed by atoms with van der Waals surface area (Å²) in [5.74, 6) is 1.13. The average Bonchev–Trinajstić information content (AvgIpc) is 3.16. The molecule has 0 saturated carbocycles. The summed E-state index contributed by atoms with van der Waals surface area (Å²) in [6, 6.07) is 14.0. The van der Waals surface area contributed by atoms with Gasteiger partial charge in [-0.2, -0.15) is 0 Å². The molecule has 1 saturated heterocycles. The summed E-state index contributed by atoms with van der Waals surface area (Å²) in [7, 11) is 3.54. The van der Waals surface area contributed by atoms with E-state index in [0.29, 0.717) is 45.4 Å². The normalized spacial score (nSPS) is 20.0. The first kappa shape index (κ1) is 27.0. The highest BCUT2D eigenvalue weighted by Gasteiger charge is 2.42. The van der Waals surface area contributed by atoms with Crippen LogP contribution in [0.5, 0.6) is 5.75 Å². The van der Waals surface area contributed by atoms with E-state index in [0.717, 1.165) is 48.0 Å². The van der Waals surface area contributed by atoms with Gasteiger partial charge in [0.05, 0.1) is 22.5 Å². The predicted octanol–water partition coefficient (Wildman–Crippen LogP) is 3.73. The molecular formula is C31H40N4O4. The first-order chi connectivity index (χ1) is 18.8. The third kappa shape index (κ3) is 5.60. The lowest BCUT2D eigenvalue weighted by molar-refractivity contribution is -0.141. The number of imidazole rings is 1. The van der Waals surface area contributed by atoms with Gasteiger partial charge in [-0.3, -0.25) is 18.7 Å². The zero-order valence-electron chi connectivity index (χ0n) is 23.4. The second kappa shape index (κ2) is 11.3. The van der Waals surface area contributed by atoms with Crippen LogP contribution in [0, 0.1) is 5.41 Å². The number of aromatic nitrogens is 2. The lowest BCUT2D eigenvalue weighted by Crippen LogP contribution is -2.52. The number of rotatable bonds is 3. The van der Waals surface area contributed by atoms with Gasteiger partial charge in [0, 0.05) is 33.6 Å². The second-order valence-electron chi connectivity index (χ2n) is 11.4. The lowest BCUT2D eigenvalue weighted by Gasteiger charge is -2.41. The third-order valence-corrected chi connectivity index (χ3v) is 8.71. The van der Waals surface area contributed by atoms with E-state index >= 15 is 0 Å². The van der Waals surface area contributed by atoms with E-state index in [1.807, 2.05) is 42.2 Å². The summed E-state index contributed by atoms with van der Waals surface area (Å²) in [6.07, 6.45) is 6.17. The van der Waals surface area contributed by atoms with Crippen LogP contribution >= 0.6 is 0 Å². The Kier molecular flexibility index (Phi) is 7.82. The lowest BCUT2D eigenvalue weighted by atomic mass is 9.73. The van der Waals surface area contributed by atoms with Gasteiger partial charge in [-0.15, -0.1) is 0 Å². The van der Waals surface area contributed by atoms with E-state index in [4.69, 9.17) is 4.74 Å². The Labute approximate surface area is 229 Å². The number of carbonyl (C=O) groups excluding carboxylic acids is 2. The van der Waals surface area contributed by atoms with Gasteiger partial charge in [0.2, 0.25) is 11.8 Å². The summed E-state index contributed by atoms with van der Waals surface area (Å²) < 4.78 is 9.34. The summed E-state index contributed by atoms with van der Waals surface area (Å²) in [4.78, 5) is 40.8. The van der Waals surface area contributed by atoms with Crippen LogP contribution in [0.3, 0.4) is 0 Å². The van der Waals surface area contributed by atoms with E-state index < -0.39 is 5.41 Å². The van der Waals surface area contributed by atoms with E-state index in [1.165, 1.54) is 5.56 Å². The SMILES string of the molecule is C[C@H]1COc2ccccc2CCCCC2(CCN(C(=O)CCc3ccc4c(c3)n(C)c(=O)n4C)CC2)C(=O)N1. The number of nitrogens with zero attached hydrogens (tertiary/aromatic N) is 3. The first-order valence-electron chi connectivity index (χ1n) is 14.2. The highest BCUT2D eigenvalue weighted by atomic mass is 16.5. The number of ether oxygens (including phenoxy) is 1. The van der Waals surface area contributed by atoms with Crippen molar-refractivity contribution in [2.45, 2.75) is 64.3 Å². The number of nitrogens with one attached hydrogen (secondary N) is 1. The standard InChI is InChI=1S/C31H40N4O4/c1-22-21-39-27-10-5-4-8-24(27)9-6-7-15-31(29(37)32-22)16-18-35(19-17-31)28(36)14-12-23-11-13-25-26(20-23)34(3)30(38)33(25)2/h4-5,8,10-11,13,20,22H,6-7,9,12,14-19,21H2,1-3H3,(H,32,37)/t22-/m0/s1. The molecule has 0 bridgehead atoms. The Morgan fingerprint density at radius 2 is 1.74 bits per heavy atom. The molecule has 2 amide bonds. The molecule has 0 aliphatic carbocycles. The van der Waals surface area contributed by atoms with Crippen molar-refractivity contribution in [1.29, 1.82) is 0 Å². The number of piperidine rings is 1. The molecule has 0 radical (unpaired) electrons. The van der Waals surface area contributed by atoms with Crippen LogP contribution in [0.2, 0.25) is 0 Å². The third-order valence-electron chi connectivity index (χ3n) is 8.71. The van der Waals surface area contributed by atoms with Crippen molar-refractivity contribution < 1.29 is 14.3 Å². The van der Waals surface area contributed by atoms with Gasteiger partial charge in [-0.25, -0.2) is 4.79 Å². The molecule has 8 heteroatoms. The van der Waals surface area contributed by atoms with Gasteiger partial charge < -0.3 is 15.0 Å². The van der Waals surface area contributed by atoms with Crippen LogP contribution in [0.1, 0.15) is 56.6 Å². The fourth-order valence-electron chi connectivity index (χ4n) is 6.16. The average molecular weight is 533 g/mol. The number of hydrogen-bond donors (Lipinski definition) is 1. The zero-order chi connectivity index (χ0) is 27.6. The molecule has 1 N–H and O–H groups in total. The van der Waals surface area contributed by atoms with Crippen LogP contribution in [-0.4, -0.2) is 51.6 Å². The van der Waals surface area contributed by atoms with Gasteiger partial charge in [0.25, 0.3) is 0 Å². The van der Waals surface area contributed by atoms with Crippen molar-refractivity contribution in [3.05, 3.63) is 64.1 Å². The summed E-state index contributed by atoms with van der Waals surface area (Å²) in [5.41, 5.74) is 3.54. The molecule has 5 rings (SSSR count). The smallest absolute Gasteiger partial charge is 0.328 e. The molecule has 2 aromatic carbocycles. The predicted molar refractivity (Wildman–Crippen MR) is 152 cm³/mol. The quantitative estimate of drug-likeness (QED) is 0.557. The molecule has 3 aromatic rings. The summed E-state index contributed by atoms with van der Waals surface area (Å²) in [5, 5.41) is 3.21. The van der Waals surface area contributed by atoms with E-state index in [9.17, 15) is 14.4 Å². The first-order valence-corrected chi connectivity index (χ1v) is 14.2. The van der Waals surface area contributed by atoms with Crippen molar-refractivity contribution >= 4 is 22.8 Å². The molecule has 2 aliphatic heterocycles. The highest BCUT2D eigenvalue weighted by Crippen LogP contribution is 2.38. The number of likely N-dealkylation sites (tertiary alicyclic amines) is 1. The summed E-state index contributed by atoms with van der Waals surface area (Å²) >= 11 is 0. The minimum absolute atomic E-state index is 0.0528. The summed E-state index contributed by atoms with van der Waals surface area (Å²) in [6.45, 7) is 3.63. The van der Waals surface area contributed by atoms with Crippen molar-refractivity contribution in [2.75, 3.05) is 19.7 Å². The van der Waals surface area contributed by atoms with Crippen LogP contribution in [0.15, 0.2) is 47.3 Å². The Morgan fingerprint density at radius 3 is 2.54 bits per heavy atom. The van der Waals surface area contributed by atoms with E-state index in [-0.39, 0.29) is 23.5 Å². The largest absolute Gasteiger partial charge is 0.491 e. The fourth-order valence-corrected chi connectivity index (χ4v) is 6.16. The number of hydrogen-bond acceptors (Lipinski definition) is 4. The molecule has 8 nitrogen and oxygen atoms in total. The number of benzene rings is 2. The highest BCUT2D eigenvalue weighted by molar-refractivity contribution is 5.84. The maximum atomic E-state index is 13.5. The van der Waals surface area contributed by atoms with Crippen LogP contribution in [0.4, 0.5) is 0 Å². The fraction of sp³-hybridized carbons (Fsp3) is 0.516. The molecule has 1 aromatic heterocycles. The van der Waals surface area contributed by atoms with Crippen LogP contribution in [0.25, 0.3) is 11.0 Å². The monoisotopic (exact) mass is 532 g/mol. The van der Waals surface area contributed by atoms with Crippen molar-refractivity contribution in [3.63, 3.8) is 0 Å². The Bertz CT molecular complexity index is 1410. The molecule has 1 spiro atoms. The minimum atomic E-state index is -0.438. The molecule has 1 fully saturated rings. The maximum Gasteiger partial charge on any atom is 0.328 e. The van der Waals surface area contributed by atoms with Gasteiger partial charge >= 0.3 is 5.69 Å². The number of carbonyl (C=O) groups is 2. The molecule has 39 heavy (non-hydrogen) atoms. The number of amides is 2. The molecular weight excluding hydrogens is 492 g/mol. The number of fused-ring (bicyclic) bond motifs is 2. The van der Waals surface area contributed by atoms with Crippen LogP contribution < -0.4 is 15.7 Å². The van der Waals surface area contributed by atoms with E-state index in [1.54, 1.807) is 23.2 Å². The van der Waals surface area contributed by atoms with Crippen molar-refractivity contribution in [2.24, 2.45) is 19.5 Å². The van der Waals surface area contributed by atoms with Crippen molar-refractivity contribution in [3.8, 4) is 5.75 Å². The molecule has 208 valence electrons. The number of para-hydroxylation sites is 1. The van der Waals surface area contributed by atoms with Gasteiger partial charge in [0.15, 0.2) is 0 Å². The topological polar surface area (TPSA) is 85.6 Å². The zero-order valence-corrected chi connectivity index (χ0v) is 23.4. The Hall–Kier alpha value is -3.55. The molecule has 3 heterocycles. The second-order valence-corrected chi connectivity index (χ2v) is 11.4. The number of aryl methyl sites for hydroxylation is 4. The Balaban J connectivity index is 1.20. The van der Waals surface area contributed by atoms with Crippen LogP contribution in [-0.2, 0) is 36.5 Å². The van der Waals surface area contributed by atoms with E-state index in [2.05, 4.69) is 17.4 Å². The molecule has 1 atom stereocenters. The maximum absolute atomic E-state index is 13.5. The Morgan fingerprint density at radius 1 is 1.00 bits per heavy atom. The van der Waals surface area contributed by atoms with Gasteiger partial charge in [0.1, 0.15) is 12.4 Å².